The van der Waals surface area contributed by atoms with Crippen molar-refractivity contribution in [1.82, 2.24) is 5.32 Å². The monoisotopic (exact) mass is 440 g/mol. The Bertz CT molecular complexity index is 1010. The highest BCUT2D eigenvalue weighted by atomic mass is 16.5. The molecule has 8 heteroatoms. The van der Waals surface area contributed by atoms with E-state index in [1.54, 1.807) is 41.3 Å². The lowest BCUT2D eigenvalue weighted by Gasteiger charge is -2.27. The van der Waals surface area contributed by atoms with Crippen LogP contribution in [0.15, 0.2) is 36.4 Å². The molecule has 0 radical (unpaired) electrons. The average molecular weight is 440 g/mol. The molecule has 1 atom stereocenters. The third-order valence-corrected chi connectivity index (χ3v) is 5.50. The summed E-state index contributed by atoms with van der Waals surface area (Å²) in [5, 5.41) is 2.87. The van der Waals surface area contributed by atoms with Crippen LogP contribution < -0.4 is 19.7 Å². The minimum atomic E-state index is -0.731. The quantitative estimate of drug-likeness (QED) is 0.666. The Hall–Kier alpha value is -3.55. The minimum Gasteiger partial charge on any atom is -0.497 e. The molecular weight excluding hydrogens is 412 g/mol. The number of methoxy groups -OCH3 is 3. The van der Waals surface area contributed by atoms with E-state index in [4.69, 9.17) is 14.2 Å². The highest BCUT2D eigenvalue weighted by Gasteiger charge is 2.33. The van der Waals surface area contributed by atoms with Gasteiger partial charge >= 0.3 is 5.97 Å². The van der Waals surface area contributed by atoms with Gasteiger partial charge in [-0.1, -0.05) is 13.8 Å². The van der Waals surface area contributed by atoms with E-state index < -0.39 is 17.9 Å². The van der Waals surface area contributed by atoms with Crippen LogP contribution in [-0.2, 0) is 16.0 Å². The molecule has 32 heavy (non-hydrogen) atoms. The van der Waals surface area contributed by atoms with Crippen molar-refractivity contribution in [2.24, 2.45) is 5.92 Å². The fourth-order valence-electron chi connectivity index (χ4n) is 3.72. The van der Waals surface area contributed by atoms with Crippen LogP contribution in [0.5, 0.6) is 11.5 Å². The number of carbonyl (C=O) groups is 3. The van der Waals surface area contributed by atoms with Crippen LogP contribution in [0.4, 0.5) is 5.69 Å². The molecule has 3 rings (SSSR count). The molecule has 0 aliphatic carbocycles. The SMILES string of the molecule is COC(=O)c1ccc2c(c1)CCN2C(=O)C(NC(=O)c1cc(OC)cc(OC)c1)C(C)C. The van der Waals surface area contributed by atoms with Gasteiger partial charge in [-0.3, -0.25) is 9.59 Å². The molecule has 8 nitrogen and oxygen atoms in total. The van der Waals surface area contributed by atoms with E-state index in [1.807, 2.05) is 13.8 Å². The second kappa shape index (κ2) is 9.72. The maximum Gasteiger partial charge on any atom is 0.337 e. The van der Waals surface area contributed by atoms with Gasteiger partial charge in [0, 0.05) is 23.9 Å². The van der Waals surface area contributed by atoms with Crippen molar-refractivity contribution < 1.29 is 28.6 Å². The molecule has 2 aromatic carbocycles. The minimum absolute atomic E-state index is 0.141. The van der Waals surface area contributed by atoms with Crippen molar-refractivity contribution in [1.29, 1.82) is 0 Å². The van der Waals surface area contributed by atoms with Crippen LogP contribution in [0.1, 0.15) is 40.1 Å². The summed E-state index contributed by atoms with van der Waals surface area (Å²) in [4.78, 5) is 39.8. The molecule has 0 aromatic heterocycles. The van der Waals surface area contributed by atoms with Crippen LogP contribution >= 0.6 is 0 Å². The van der Waals surface area contributed by atoms with Gasteiger partial charge in [-0.15, -0.1) is 0 Å². The van der Waals surface area contributed by atoms with Gasteiger partial charge in [0.15, 0.2) is 0 Å². The maximum absolute atomic E-state index is 13.4. The molecule has 2 amide bonds. The van der Waals surface area contributed by atoms with Crippen molar-refractivity contribution >= 4 is 23.5 Å². The van der Waals surface area contributed by atoms with Crippen LogP contribution in [0.25, 0.3) is 0 Å². The average Bonchev–Trinajstić information content (AvgIpc) is 3.23. The van der Waals surface area contributed by atoms with Crippen molar-refractivity contribution in [2.75, 3.05) is 32.8 Å². The summed E-state index contributed by atoms with van der Waals surface area (Å²) in [6.45, 7) is 4.24. The number of ether oxygens (including phenoxy) is 3. The molecule has 170 valence electrons. The fraction of sp³-hybridized carbons (Fsp3) is 0.375. The molecule has 1 unspecified atom stereocenters. The summed E-state index contributed by atoms with van der Waals surface area (Å²) in [5.41, 5.74) is 2.42. The topological polar surface area (TPSA) is 94.2 Å². The summed E-state index contributed by atoms with van der Waals surface area (Å²) in [7, 11) is 4.35. The number of nitrogens with one attached hydrogen (secondary N) is 1. The van der Waals surface area contributed by atoms with Crippen molar-refractivity contribution in [2.45, 2.75) is 26.3 Å². The smallest absolute Gasteiger partial charge is 0.337 e. The summed E-state index contributed by atoms with van der Waals surface area (Å²) in [6.07, 6.45) is 0.623. The zero-order valence-corrected chi connectivity index (χ0v) is 18.9. The first-order valence-electron chi connectivity index (χ1n) is 10.4. The van der Waals surface area contributed by atoms with Crippen molar-refractivity contribution in [3.63, 3.8) is 0 Å². The molecule has 1 aliphatic rings. The molecule has 0 saturated carbocycles. The zero-order valence-electron chi connectivity index (χ0n) is 18.9. The molecule has 1 heterocycles. The number of benzene rings is 2. The van der Waals surface area contributed by atoms with Crippen LogP contribution in [0.3, 0.4) is 0 Å². The number of nitrogens with zero attached hydrogens (tertiary/aromatic N) is 1. The number of amides is 2. The van der Waals surface area contributed by atoms with Crippen molar-refractivity contribution in [3.05, 3.63) is 53.1 Å². The molecule has 0 bridgehead atoms. The Morgan fingerprint density at radius 2 is 1.59 bits per heavy atom. The molecular formula is C24H28N2O6. The Kier molecular flexibility index (Phi) is 7.02. The Labute approximate surface area is 187 Å². The van der Waals surface area contributed by atoms with Gasteiger partial charge in [-0.05, 0) is 48.2 Å². The van der Waals surface area contributed by atoms with E-state index in [-0.39, 0.29) is 11.8 Å². The number of anilines is 1. The van der Waals surface area contributed by atoms with E-state index in [0.29, 0.717) is 35.6 Å². The number of esters is 1. The number of hydrogen-bond donors (Lipinski definition) is 1. The van der Waals surface area contributed by atoms with E-state index in [9.17, 15) is 14.4 Å². The van der Waals surface area contributed by atoms with E-state index >= 15 is 0 Å². The zero-order chi connectivity index (χ0) is 23.4. The number of hydrogen-bond acceptors (Lipinski definition) is 6. The largest absolute Gasteiger partial charge is 0.497 e. The van der Waals surface area contributed by atoms with Gasteiger partial charge in [0.05, 0.1) is 26.9 Å². The number of carbonyl (C=O) groups excluding carboxylic acids is 3. The standard InChI is InChI=1S/C24H28N2O6/c1-14(2)21(25-22(27)17-11-18(30-3)13-19(12-17)31-4)23(28)26-9-8-15-10-16(24(29)32-5)6-7-20(15)26/h6-7,10-14,21H,8-9H2,1-5H3,(H,25,27). The lowest BCUT2D eigenvalue weighted by Crippen LogP contribution is -2.51. The summed E-state index contributed by atoms with van der Waals surface area (Å²) >= 11 is 0. The van der Waals surface area contributed by atoms with Gasteiger partial charge in [0.1, 0.15) is 17.5 Å². The highest BCUT2D eigenvalue weighted by molar-refractivity contribution is 6.04. The number of rotatable bonds is 7. The fourth-order valence-corrected chi connectivity index (χ4v) is 3.72. The van der Waals surface area contributed by atoms with Crippen LogP contribution in [-0.4, -0.2) is 51.7 Å². The van der Waals surface area contributed by atoms with Crippen LogP contribution in [0, 0.1) is 5.92 Å². The van der Waals surface area contributed by atoms with E-state index in [0.717, 1.165) is 11.3 Å². The molecule has 1 N–H and O–H groups in total. The van der Waals surface area contributed by atoms with E-state index in [2.05, 4.69) is 5.32 Å². The number of fused-ring (bicyclic) bond motifs is 1. The van der Waals surface area contributed by atoms with Crippen molar-refractivity contribution in [3.8, 4) is 11.5 Å². The first-order chi connectivity index (χ1) is 15.3. The molecule has 1 aliphatic heterocycles. The van der Waals surface area contributed by atoms with Gasteiger partial charge in [0.25, 0.3) is 5.91 Å². The van der Waals surface area contributed by atoms with Crippen LogP contribution in [0.2, 0.25) is 0 Å². The Morgan fingerprint density at radius 3 is 2.16 bits per heavy atom. The van der Waals surface area contributed by atoms with Gasteiger partial charge < -0.3 is 24.4 Å². The second-order valence-electron chi connectivity index (χ2n) is 7.87. The van der Waals surface area contributed by atoms with E-state index in [1.165, 1.54) is 21.3 Å². The molecule has 2 aromatic rings. The molecule has 0 spiro atoms. The normalized spacial score (nSPS) is 13.4. The maximum atomic E-state index is 13.4. The first kappa shape index (κ1) is 23.1. The predicted molar refractivity (Wildman–Crippen MR) is 119 cm³/mol. The third kappa shape index (κ3) is 4.69. The first-order valence-corrected chi connectivity index (χ1v) is 10.4. The molecule has 0 fully saturated rings. The third-order valence-electron chi connectivity index (χ3n) is 5.50. The lowest BCUT2D eigenvalue weighted by atomic mass is 10.0. The molecule has 0 saturated heterocycles. The van der Waals surface area contributed by atoms with Gasteiger partial charge in [-0.2, -0.15) is 0 Å². The van der Waals surface area contributed by atoms with Gasteiger partial charge in [-0.25, -0.2) is 4.79 Å². The lowest BCUT2D eigenvalue weighted by molar-refractivity contribution is -0.121. The van der Waals surface area contributed by atoms with Gasteiger partial charge in [0.2, 0.25) is 5.91 Å². The summed E-state index contributed by atoms with van der Waals surface area (Å²) in [6, 6.07) is 9.27. The second-order valence-corrected chi connectivity index (χ2v) is 7.87. The summed E-state index contributed by atoms with van der Waals surface area (Å²) in [5.74, 6) is -0.188. The summed E-state index contributed by atoms with van der Waals surface area (Å²) < 4.78 is 15.2. The Balaban J connectivity index is 1.82. The highest BCUT2D eigenvalue weighted by Crippen LogP contribution is 2.30. The Morgan fingerprint density at radius 1 is 0.938 bits per heavy atom. The predicted octanol–water partition coefficient (Wildman–Crippen LogP) is 2.83.